The van der Waals surface area contributed by atoms with Gasteiger partial charge in [-0.15, -0.1) is 5.11 Å². The molecule has 1 N–H and O–H groups in total. The lowest BCUT2D eigenvalue weighted by Gasteiger charge is -2.29. The molecule has 0 radical (unpaired) electrons. The summed E-state index contributed by atoms with van der Waals surface area (Å²) in [7, 11) is 4.11. The first-order valence-electron chi connectivity index (χ1n) is 8.75. The van der Waals surface area contributed by atoms with Crippen LogP contribution in [0.4, 0.5) is 22.7 Å². The van der Waals surface area contributed by atoms with Gasteiger partial charge in [-0.05, 0) is 36.4 Å². The van der Waals surface area contributed by atoms with Crippen LogP contribution in [-0.4, -0.2) is 46.6 Å². The van der Waals surface area contributed by atoms with Crippen LogP contribution in [0.3, 0.4) is 0 Å². The molecule has 6 nitrogen and oxygen atoms in total. The Balaban J connectivity index is 1.47. The van der Waals surface area contributed by atoms with Gasteiger partial charge in [0, 0.05) is 46.0 Å². The van der Waals surface area contributed by atoms with Gasteiger partial charge in [0.2, 0.25) is 6.29 Å². The minimum absolute atomic E-state index is 0.106. The zero-order valence-corrected chi connectivity index (χ0v) is 14.8. The Morgan fingerprint density at radius 3 is 2.08 bits per heavy atom. The summed E-state index contributed by atoms with van der Waals surface area (Å²) in [5.74, 6) is 0. The molecule has 2 aliphatic heterocycles. The zero-order chi connectivity index (χ0) is 17.2. The standard InChI is InChI=1S/C19H24N6/c1-23-17-5-3-4-6-18(17)24(2)19(23)22-21-15-7-9-16(10-8-15)25-13-11-20-12-14-25/h3-10,19-20H,11-14H2,1-2H3. The molecule has 2 aromatic rings. The third-order valence-corrected chi connectivity index (χ3v) is 4.94. The van der Waals surface area contributed by atoms with Crippen molar-refractivity contribution >= 4 is 22.7 Å². The molecular formula is C19H24N6. The maximum absolute atomic E-state index is 4.57. The number of nitrogens with one attached hydrogen (secondary N) is 1. The average molecular weight is 336 g/mol. The molecular weight excluding hydrogens is 312 g/mol. The predicted molar refractivity (Wildman–Crippen MR) is 103 cm³/mol. The van der Waals surface area contributed by atoms with E-state index in [1.54, 1.807) is 0 Å². The summed E-state index contributed by atoms with van der Waals surface area (Å²) in [6, 6.07) is 16.7. The molecule has 0 atom stereocenters. The number of azo groups is 1. The van der Waals surface area contributed by atoms with E-state index in [1.165, 1.54) is 17.1 Å². The molecule has 2 aromatic carbocycles. The van der Waals surface area contributed by atoms with Crippen LogP contribution in [0.15, 0.2) is 58.8 Å². The summed E-state index contributed by atoms with van der Waals surface area (Å²) in [5.41, 5.74) is 4.51. The average Bonchev–Trinajstić information content (AvgIpc) is 2.92. The number of nitrogens with zero attached hydrogens (tertiary/aromatic N) is 5. The van der Waals surface area contributed by atoms with Crippen LogP contribution < -0.4 is 20.0 Å². The second-order valence-electron chi connectivity index (χ2n) is 6.53. The van der Waals surface area contributed by atoms with Gasteiger partial charge in [0.25, 0.3) is 0 Å². The normalized spacial score (nSPS) is 18.2. The van der Waals surface area contributed by atoms with Gasteiger partial charge in [-0.3, -0.25) is 0 Å². The lowest BCUT2D eigenvalue weighted by atomic mass is 10.2. The number of hydrogen-bond acceptors (Lipinski definition) is 6. The molecule has 0 aliphatic carbocycles. The fourth-order valence-corrected chi connectivity index (χ4v) is 3.50. The summed E-state index contributed by atoms with van der Waals surface area (Å²) in [6.45, 7) is 4.19. The van der Waals surface area contributed by atoms with Crippen molar-refractivity contribution in [3.63, 3.8) is 0 Å². The first-order chi connectivity index (χ1) is 12.2. The second kappa shape index (κ2) is 6.72. The maximum atomic E-state index is 4.57. The van der Waals surface area contributed by atoms with Gasteiger partial charge >= 0.3 is 0 Å². The van der Waals surface area contributed by atoms with Gasteiger partial charge in [-0.2, -0.15) is 5.11 Å². The summed E-state index contributed by atoms with van der Waals surface area (Å²) in [6.07, 6.45) is -0.106. The van der Waals surface area contributed by atoms with Crippen LogP contribution in [0, 0.1) is 0 Å². The highest BCUT2D eigenvalue weighted by molar-refractivity contribution is 5.76. The summed E-state index contributed by atoms with van der Waals surface area (Å²) in [5, 5.41) is 12.4. The van der Waals surface area contributed by atoms with E-state index in [2.05, 4.69) is 80.7 Å². The summed E-state index contributed by atoms with van der Waals surface area (Å²) < 4.78 is 0. The van der Waals surface area contributed by atoms with E-state index < -0.39 is 0 Å². The molecule has 1 fully saturated rings. The van der Waals surface area contributed by atoms with E-state index >= 15 is 0 Å². The van der Waals surface area contributed by atoms with Crippen molar-refractivity contribution in [2.24, 2.45) is 10.2 Å². The van der Waals surface area contributed by atoms with E-state index in [9.17, 15) is 0 Å². The monoisotopic (exact) mass is 336 g/mol. The maximum Gasteiger partial charge on any atom is 0.218 e. The van der Waals surface area contributed by atoms with E-state index in [-0.39, 0.29) is 6.29 Å². The number of benzene rings is 2. The molecule has 4 rings (SSSR count). The van der Waals surface area contributed by atoms with Crippen LogP contribution in [0.1, 0.15) is 0 Å². The second-order valence-corrected chi connectivity index (χ2v) is 6.53. The zero-order valence-electron chi connectivity index (χ0n) is 14.8. The molecule has 2 heterocycles. The van der Waals surface area contributed by atoms with E-state index in [0.717, 1.165) is 31.9 Å². The van der Waals surface area contributed by atoms with E-state index in [0.29, 0.717) is 0 Å². The summed E-state index contributed by atoms with van der Waals surface area (Å²) in [4.78, 5) is 6.69. The van der Waals surface area contributed by atoms with E-state index in [1.807, 2.05) is 12.1 Å². The lowest BCUT2D eigenvalue weighted by molar-refractivity contribution is 0.589. The summed E-state index contributed by atoms with van der Waals surface area (Å²) >= 11 is 0. The molecule has 6 heteroatoms. The smallest absolute Gasteiger partial charge is 0.218 e. The largest absolute Gasteiger partial charge is 0.369 e. The molecule has 2 aliphatic rings. The Morgan fingerprint density at radius 1 is 0.880 bits per heavy atom. The van der Waals surface area contributed by atoms with Crippen molar-refractivity contribution in [3.05, 3.63) is 48.5 Å². The first kappa shape index (κ1) is 15.9. The fourth-order valence-electron chi connectivity index (χ4n) is 3.50. The molecule has 25 heavy (non-hydrogen) atoms. The van der Waals surface area contributed by atoms with Crippen LogP contribution in [-0.2, 0) is 0 Å². The number of anilines is 3. The van der Waals surface area contributed by atoms with Crippen molar-refractivity contribution in [1.29, 1.82) is 0 Å². The minimum Gasteiger partial charge on any atom is -0.369 e. The fraction of sp³-hybridized carbons (Fsp3) is 0.368. The van der Waals surface area contributed by atoms with Crippen molar-refractivity contribution in [2.75, 3.05) is 55.0 Å². The Morgan fingerprint density at radius 2 is 1.48 bits per heavy atom. The number of rotatable bonds is 3. The van der Waals surface area contributed by atoms with Crippen LogP contribution in [0.2, 0.25) is 0 Å². The quantitative estimate of drug-likeness (QED) is 0.875. The highest BCUT2D eigenvalue weighted by Crippen LogP contribution is 2.37. The molecule has 0 unspecified atom stereocenters. The highest BCUT2D eigenvalue weighted by atomic mass is 15.5. The van der Waals surface area contributed by atoms with Crippen LogP contribution in [0.5, 0.6) is 0 Å². The Bertz CT molecular complexity index is 722. The van der Waals surface area contributed by atoms with Gasteiger partial charge in [0.05, 0.1) is 17.1 Å². The van der Waals surface area contributed by atoms with Crippen molar-refractivity contribution < 1.29 is 0 Å². The molecule has 130 valence electrons. The number of hydrogen-bond donors (Lipinski definition) is 1. The van der Waals surface area contributed by atoms with Gasteiger partial charge in [0.15, 0.2) is 0 Å². The van der Waals surface area contributed by atoms with Gasteiger partial charge < -0.3 is 20.0 Å². The highest BCUT2D eigenvalue weighted by Gasteiger charge is 2.30. The van der Waals surface area contributed by atoms with Gasteiger partial charge in [0.1, 0.15) is 0 Å². The van der Waals surface area contributed by atoms with Crippen molar-refractivity contribution in [2.45, 2.75) is 6.29 Å². The third kappa shape index (κ3) is 3.05. The SMILES string of the molecule is CN1c2ccccc2N(C)C1N=Nc1ccc(N2CCNCC2)cc1. The Kier molecular flexibility index (Phi) is 4.28. The number of piperazine rings is 1. The first-order valence-corrected chi connectivity index (χ1v) is 8.75. The van der Waals surface area contributed by atoms with Gasteiger partial charge in [-0.25, -0.2) is 0 Å². The number of fused-ring (bicyclic) bond motifs is 1. The topological polar surface area (TPSA) is 46.5 Å². The van der Waals surface area contributed by atoms with E-state index in [4.69, 9.17) is 0 Å². The van der Waals surface area contributed by atoms with Crippen LogP contribution >= 0.6 is 0 Å². The number of para-hydroxylation sites is 2. The molecule has 0 spiro atoms. The minimum atomic E-state index is -0.106. The molecule has 0 bridgehead atoms. The molecule has 0 aromatic heterocycles. The Hall–Kier alpha value is -2.60. The lowest BCUT2D eigenvalue weighted by Crippen LogP contribution is -2.43. The van der Waals surface area contributed by atoms with Crippen molar-refractivity contribution in [3.8, 4) is 0 Å². The third-order valence-electron chi connectivity index (χ3n) is 4.94. The van der Waals surface area contributed by atoms with Gasteiger partial charge in [-0.1, -0.05) is 12.1 Å². The molecule has 1 saturated heterocycles. The Labute approximate surface area is 148 Å². The predicted octanol–water partition coefficient (Wildman–Crippen LogP) is 3.05. The van der Waals surface area contributed by atoms with Crippen molar-refractivity contribution in [1.82, 2.24) is 5.32 Å². The van der Waals surface area contributed by atoms with Crippen LogP contribution in [0.25, 0.3) is 0 Å². The molecule has 0 saturated carbocycles. The molecule has 0 amide bonds.